The number of nitrogen functional groups attached to an aromatic ring is 1. The summed E-state index contributed by atoms with van der Waals surface area (Å²) in [6.07, 6.45) is 1.78. The fraction of sp³-hybridized carbons (Fsp3) is 0.222. The van der Waals surface area contributed by atoms with E-state index in [1.54, 1.807) is 17.5 Å². The first kappa shape index (κ1) is 10.8. The average Bonchev–Trinajstić information content (AvgIpc) is 2.78. The summed E-state index contributed by atoms with van der Waals surface area (Å²) in [4.78, 5) is 12.4. The minimum atomic E-state index is 0.404. The van der Waals surface area contributed by atoms with Crippen molar-refractivity contribution in [2.75, 3.05) is 10.7 Å². The molecule has 2 aromatic rings. The summed E-state index contributed by atoms with van der Waals surface area (Å²) in [5.74, 6) is 6.40. The summed E-state index contributed by atoms with van der Waals surface area (Å²) in [7, 11) is 0. The SMILES string of the molecule is Cc1cc(NCc2nccs2)nc(NN)n1. The molecular formula is C9H12N6S. The van der Waals surface area contributed by atoms with Gasteiger partial charge in [-0.05, 0) is 6.92 Å². The van der Waals surface area contributed by atoms with Crippen LogP contribution in [0.3, 0.4) is 0 Å². The third-order valence-electron chi connectivity index (χ3n) is 1.89. The maximum Gasteiger partial charge on any atom is 0.239 e. The van der Waals surface area contributed by atoms with Gasteiger partial charge in [0.15, 0.2) is 0 Å². The van der Waals surface area contributed by atoms with Crippen LogP contribution in [-0.2, 0) is 6.54 Å². The summed E-state index contributed by atoms with van der Waals surface area (Å²) >= 11 is 1.60. The number of hydrogen-bond acceptors (Lipinski definition) is 7. The van der Waals surface area contributed by atoms with Crippen molar-refractivity contribution in [2.45, 2.75) is 13.5 Å². The van der Waals surface area contributed by atoms with Crippen LogP contribution in [0.1, 0.15) is 10.7 Å². The van der Waals surface area contributed by atoms with Gasteiger partial charge in [0, 0.05) is 23.3 Å². The molecule has 2 rings (SSSR count). The monoisotopic (exact) mass is 236 g/mol. The second kappa shape index (κ2) is 4.86. The Morgan fingerprint density at radius 1 is 1.44 bits per heavy atom. The quantitative estimate of drug-likeness (QED) is 0.545. The Morgan fingerprint density at radius 2 is 2.31 bits per heavy atom. The van der Waals surface area contributed by atoms with Gasteiger partial charge < -0.3 is 5.32 Å². The molecule has 6 nitrogen and oxygen atoms in total. The van der Waals surface area contributed by atoms with E-state index in [1.165, 1.54) is 0 Å². The van der Waals surface area contributed by atoms with Gasteiger partial charge >= 0.3 is 0 Å². The molecule has 0 aliphatic rings. The Bertz CT molecular complexity index is 455. The summed E-state index contributed by atoms with van der Waals surface area (Å²) in [5, 5.41) is 6.12. The second-order valence-corrected chi connectivity index (χ2v) is 4.12. The van der Waals surface area contributed by atoms with Gasteiger partial charge in [-0.15, -0.1) is 11.3 Å². The molecule has 2 aromatic heterocycles. The molecule has 0 fully saturated rings. The lowest BCUT2D eigenvalue weighted by molar-refractivity contribution is 1.03. The molecule has 0 unspecified atom stereocenters. The van der Waals surface area contributed by atoms with E-state index in [9.17, 15) is 0 Å². The van der Waals surface area contributed by atoms with Gasteiger partial charge in [-0.25, -0.2) is 15.8 Å². The summed E-state index contributed by atoms with van der Waals surface area (Å²) in [6.45, 7) is 2.54. The number of hydrazine groups is 1. The van der Waals surface area contributed by atoms with Crippen LogP contribution in [0.2, 0.25) is 0 Å². The number of nitrogens with one attached hydrogen (secondary N) is 2. The van der Waals surface area contributed by atoms with Crippen molar-refractivity contribution < 1.29 is 0 Å². The van der Waals surface area contributed by atoms with Crippen LogP contribution in [0.15, 0.2) is 17.6 Å². The van der Waals surface area contributed by atoms with E-state index in [1.807, 2.05) is 18.4 Å². The predicted octanol–water partition coefficient (Wildman–Crippen LogP) is 1.14. The van der Waals surface area contributed by atoms with E-state index in [0.717, 1.165) is 16.5 Å². The van der Waals surface area contributed by atoms with Crippen LogP contribution in [0.5, 0.6) is 0 Å². The van der Waals surface area contributed by atoms with Gasteiger partial charge in [0.1, 0.15) is 10.8 Å². The van der Waals surface area contributed by atoms with Crippen molar-refractivity contribution in [3.05, 3.63) is 28.3 Å². The lowest BCUT2D eigenvalue weighted by Crippen LogP contribution is -2.12. The van der Waals surface area contributed by atoms with Crippen molar-refractivity contribution in [1.82, 2.24) is 15.0 Å². The third-order valence-corrected chi connectivity index (χ3v) is 2.67. The Morgan fingerprint density at radius 3 is 3.00 bits per heavy atom. The van der Waals surface area contributed by atoms with Crippen LogP contribution in [0, 0.1) is 6.92 Å². The number of aromatic nitrogens is 3. The largest absolute Gasteiger partial charge is 0.363 e. The number of thiazole rings is 1. The van der Waals surface area contributed by atoms with Gasteiger partial charge in [-0.1, -0.05) is 0 Å². The van der Waals surface area contributed by atoms with Gasteiger partial charge in [0.25, 0.3) is 0 Å². The molecule has 0 saturated heterocycles. The summed E-state index contributed by atoms with van der Waals surface area (Å²) < 4.78 is 0. The number of nitrogens with zero attached hydrogens (tertiary/aromatic N) is 3. The molecule has 0 aliphatic heterocycles. The highest BCUT2D eigenvalue weighted by Crippen LogP contribution is 2.11. The van der Waals surface area contributed by atoms with Crippen molar-refractivity contribution in [2.24, 2.45) is 5.84 Å². The van der Waals surface area contributed by atoms with Crippen LogP contribution in [0.25, 0.3) is 0 Å². The third kappa shape index (κ3) is 2.65. The minimum absolute atomic E-state index is 0.404. The molecule has 0 radical (unpaired) electrons. The molecule has 0 amide bonds. The van der Waals surface area contributed by atoms with E-state index in [-0.39, 0.29) is 0 Å². The molecule has 0 aliphatic carbocycles. The number of anilines is 2. The molecule has 0 atom stereocenters. The Kier molecular flexibility index (Phi) is 3.28. The molecule has 0 spiro atoms. The van der Waals surface area contributed by atoms with E-state index < -0.39 is 0 Å². The minimum Gasteiger partial charge on any atom is -0.363 e. The standard InChI is InChI=1S/C9H12N6S/c1-6-4-7(14-9(13-6)15-10)12-5-8-11-2-3-16-8/h2-4H,5,10H2,1H3,(H2,12,13,14,15). The first-order valence-corrected chi connectivity index (χ1v) is 5.60. The maximum atomic E-state index is 5.27. The van der Waals surface area contributed by atoms with Crippen LogP contribution < -0.4 is 16.6 Å². The maximum absolute atomic E-state index is 5.27. The summed E-state index contributed by atoms with van der Waals surface area (Å²) in [5.41, 5.74) is 3.28. The zero-order valence-corrected chi connectivity index (χ0v) is 9.58. The molecule has 7 heteroatoms. The van der Waals surface area contributed by atoms with E-state index in [0.29, 0.717) is 12.5 Å². The molecular weight excluding hydrogens is 224 g/mol. The number of rotatable bonds is 4. The summed E-state index contributed by atoms with van der Waals surface area (Å²) in [6, 6.07) is 1.86. The highest BCUT2D eigenvalue weighted by atomic mass is 32.1. The van der Waals surface area contributed by atoms with Gasteiger partial charge in [-0.3, -0.25) is 5.43 Å². The number of hydrogen-bond donors (Lipinski definition) is 3. The molecule has 84 valence electrons. The van der Waals surface area contributed by atoms with E-state index in [2.05, 4.69) is 25.7 Å². The molecule has 0 saturated carbocycles. The fourth-order valence-corrected chi connectivity index (χ4v) is 1.79. The Labute approximate surface area is 96.9 Å². The fourth-order valence-electron chi connectivity index (χ4n) is 1.23. The lowest BCUT2D eigenvalue weighted by Gasteiger charge is -2.06. The van der Waals surface area contributed by atoms with Crippen LogP contribution >= 0.6 is 11.3 Å². The second-order valence-electron chi connectivity index (χ2n) is 3.14. The van der Waals surface area contributed by atoms with Gasteiger partial charge in [0.2, 0.25) is 5.95 Å². The zero-order valence-electron chi connectivity index (χ0n) is 8.77. The van der Waals surface area contributed by atoms with Gasteiger partial charge in [-0.2, -0.15) is 4.98 Å². The molecule has 16 heavy (non-hydrogen) atoms. The normalized spacial score (nSPS) is 10.1. The van der Waals surface area contributed by atoms with E-state index >= 15 is 0 Å². The van der Waals surface area contributed by atoms with Crippen molar-refractivity contribution in [3.63, 3.8) is 0 Å². The first-order valence-electron chi connectivity index (χ1n) is 4.72. The molecule has 4 N–H and O–H groups in total. The Balaban J connectivity index is 2.06. The van der Waals surface area contributed by atoms with Crippen molar-refractivity contribution in [3.8, 4) is 0 Å². The molecule has 0 aromatic carbocycles. The van der Waals surface area contributed by atoms with E-state index in [4.69, 9.17) is 5.84 Å². The highest BCUT2D eigenvalue weighted by Gasteiger charge is 2.01. The number of aryl methyl sites for hydroxylation is 1. The topological polar surface area (TPSA) is 88.8 Å². The Hall–Kier alpha value is -1.73. The van der Waals surface area contributed by atoms with Crippen molar-refractivity contribution in [1.29, 1.82) is 0 Å². The lowest BCUT2D eigenvalue weighted by atomic mass is 10.4. The first-order chi connectivity index (χ1) is 7.78. The predicted molar refractivity (Wildman–Crippen MR) is 64.0 cm³/mol. The highest BCUT2D eigenvalue weighted by molar-refractivity contribution is 7.09. The molecule has 2 heterocycles. The molecule has 0 bridgehead atoms. The van der Waals surface area contributed by atoms with Crippen molar-refractivity contribution >= 4 is 23.1 Å². The van der Waals surface area contributed by atoms with Gasteiger partial charge in [0.05, 0.1) is 6.54 Å². The smallest absolute Gasteiger partial charge is 0.239 e. The van der Waals surface area contributed by atoms with Crippen LogP contribution in [0.4, 0.5) is 11.8 Å². The number of nitrogens with two attached hydrogens (primary N) is 1. The average molecular weight is 236 g/mol. The van der Waals surface area contributed by atoms with Crippen LogP contribution in [-0.4, -0.2) is 15.0 Å². The zero-order chi connectivity index (χ0) is 11.4.